The van der Waals surface area contributed by atoms with E-state index in [0.717, 1.165) is 17.0 Å². The normalized spacial score (nSPS) is 11.1. The molecule has 0 aliphatic rings. The van der Waals surface area contributed by atoms with Crippen LogP contribution in [0.15, 0.2) is 58.3 Å². The van der Waals surface area contributed by atoms with Crippen molar-refractivity contribution in [1.29, 1.82) is 5.26 Å². The Hall–Kier alpha value is -1.93. The zero-order valence-electron chi connectivity index (χ0n) is 9.61. The second-order valence-electron chi connectivity index (χ2n) is 3.73. The van der Waals surface area contributed by atoms with Crippen LogP contribution in [0, 0.1) is 11.3 Å². The van der Waals surface area contributed by atoms with Crippen LogP contribution in [0.1, 0.15) is 11.1 Å². The molecule has 0 saturated carbocycles. The van der Waals surface area contributed by atoms with Crippen LogP contribution in [0.25, 0.3) is 0 Å². The summed E-state index contributed by atoms with van der Waals surface area (Å²) in [4.78, 5) is 1.39. The summed E-state index contributed by atoms with van der Waals surface area (Å²) in [6.07, 6.45) is -4.33. The smallest absolute Gasteiger partial charge is 0.192 e. The highest BCUT2D eigenvalue weighted by atomic mass is 32.2. The van der Waals surface area contributed by atoms with Gasteiger partial charge in [-0.05, 0) is 36.4 Å². The molecule has 5 heteroatoms. The van der Waals surface area contributed by atoms with Gasteiger partial charge >= 0.3 is 6.18 Å². The van der Waals surface area contributed by atoms with Crippen molar-refractivity contribution in [2.75, 3.05) is 0 Å². The molecule has 1 nitrogen and oxygen atoms in total. The second-order valence-corrected chi connectivity index (χ2v) is 4.85. The van der Waals surface area contributed by atoms with E-state index in [9.17, 15) is 13.2 Å². The third kappa shape index (κ3) is 3.30. The Balaban J connectivity index is 2.23. The van der Waals surface area contributed by atoms with Gasteiger partial charge < -0.3 is 0 Å². The Morgan fingerprint density at radius 1 is 0.947 bits per heavy atom. The zero-order valence-corrected chi connectivity index (χ0v) is 10.4. The van der Waals surface area contributed by atoms with Crippen LogP contribution in [0.2, 0.25) is 0 Å². The molecule has 19 heavy (non-hydrogen) atoms. The molecule has 0 N–H and O–H groups in total. The van der Waals surface area contributed by atoms with E-state index in [1.807, 2.05) is 0 Å². The Labute approximate surface area is 112 Å². The van der Waals surface area contributed by atoms with Gasteiger partial charge in [-0.25, -0.2) is 0 Å². The Morgan fingerprint density at radius 3 is 2.16 bits per heavy atom. The average Bonchev–Trinajstić information content (AvgIpc) is 2.39. The lowest BCUT2D eigenvalue weighted by atomic mass is 10.2. The molecular formula is C14H8F3NS. The molecule has 0 aliphatic heterocycles. The van der Waals surface area contributed by atoms with Gasteiger partial charge in [-0.3, -0.25) is 0 Å². The molecule has 2 aromatic rings. The fraction of sp³-hybridized carbons (Fsp3) is 0.0714. The average molecular weight is 279 g/mol. The molecule has 0 fully saturated rings. The summed E-state index contributed by atoms with van der Waals surface area (Å²) < 4.78 is 37.2. The second kappa shape index (κ2) is 5.37. The fourth-order valence-electron chi connectivity index (χ4n) is 1.49. The van der Waals surface area contributed by atoms with E-state index < -0.39 is 11.7 Å². The predicted octanol–water partition coefficient (Wildman–Crippen LogP) is 4.73. The first-order valence-electron chi connectivity index (χ1n) is 5.35. The standard InChI is InChI=1S/C14H8F3NS/c15-14(16,17)11-5-7-12(8-6-11)19-13-4-2-1-3-10(13)9-18/h1-8H. The van der Waals surface area contributed by atoms with Gasteiger partial charge in [0, 0.05) is 9.79 Å². The van der Waals surface area contributed by atoms with E-state index in [0.29, 0.717) is 10.5 Å². The number of nitriles is 1. The largest absolute Gasteiger partial charge is 0.416 e. The minimum atomic E-state index is -4.33. The third-order valence-electron chi connectivity index (χ3n) is 2.42. The third-order valence-corrected chi connectivity index (χ3v) is 3.50. The number of halogens is 3. The number of nitrogens with zero attached hydrogens (tertiary/aromatic N) is 1. The van der Waals surface area contributed by atoms with E-state index in [1.54, 1.807) is 24.3 Å². The van der Waals surface area contributed by atoms with Crippen LogP contribution in [0.5, 0.6) is 0 Å². The van der Waals surface area contributed by atoms with Crippen molar-refractivity contribution >= 4 is 11.8 Å². The lowest BCUT2D eigenvalue weighted by Crippen LogP contribution is -2.03. The molecule has 0 aliphatic carbocycles. The quantitative estimate of drug-likeness (QED) is 0.793. The Kier molecular flexibility index (Phi) is 3.82. The van der Waals surface area contributed by atoms with Gasteiger partial charge in [-0.15, -0.1) is 0 Å². The van der Waals surface area contributed by atoms with Crippen molar-refractivity contribution < 1.29 is 13.2 Å². The van der Waals surface area contributed by atoms with E-state index >= 15 is 0 Å². The van der Waals surface area contributed by atoms with Gasteiger partial charge in [0.25, 0.3) is 0 Å². The predicted molar refractivity (Wildman–Crippen MR) is 66.7 cm³/mol. The summed E-state index contributed by atoms with van der Waals surface area (Å²) in [5.74, 6) is 0. The van der Waals surface area contributed by atoms with Crippen molar-refractivity contribution in [1.82, 2.24) is 0 Å². The minimum absolute atomic E-state index is 0.507. The van der Waals surface area contributed by atoms with Crippen LogP contribution in [-0.4, -0.2) is 0 Å². The summed E-state index contributed by atoms with van der Waals surface area (Å²) in [7, 11) is 0. The van der Waals surface area contributed by atoms with Crippen molar-refractivity contribution in [2.24, 2.45) is 0 Å². The molecule has 0 atom stereocenters. The molecule has 0 saturated heterocycles. The molecule has 2 rings (SSSR count). The highest BCUT2D eigenvalue weighted by Gasteiger charge is 2.29. The molecule has 0 radical (unpaired) electrons. The maximum Gasteiger partial charge on any atom is 0.416 e. The topological polar surface area (TPSA) is 23.8 Å². The summed E-state index contributed by atoms with van der Waals surface area (Å²) in [5.41, 5.74) is -0.169. The van der Waals surface area contributed by atoms with Crippen LogP contribution in [0.4, 0.5) is 13.2 Å². The zero-order chi connectivity index (χ0) is 13.9. The molecule has 0 aromatic heterocycles. The lowest BCUT2D eigenvalue weighted by molar-refractivity contribution is -0.137. The molecule has 0 amide bonds. The van der Waals surface area contributed by atoms with Gasteiger partial charge in [-0.1, -0.05) is 23.9 Å². The first-order valence-corrected chi connectivity index (χ1v) is 6.16. The highest BCUT2D eigenvalue weighted by Crippen LogP contribution is 2.33. The van der Waals surface area contributed by atoms with Gasteiger partial charge in [0.05, 0.1) is 11.1 Å². The maximum absolute atomic E-state index is 12.4. The summed E-state index contributed by atoms with van der Waals surface area (Å²) in [6.45, 7) is 0. The first-order chi connectivity index (χ1) is 9.00. The Bertz CT molecular complexity index is 612. The van der Waals surface area contributed by atoms with Crippen molar-refractivity contribution in [3.63, 3.8) is 0 Å². The van der Waals surface area contributed by atoms with E-state index in [-0.39, 0.29) is 0 Å². The van der Waals surface area contributed by atoms with Crippen molar-refractivity contribution in [3.05, 3.63) is 59.7 Å². The van der Waals surface area contributed by atoms with Crippen LogP contribution < -0.4 is 0 Å². The number of hydrogen-bond donors (Lipinski definition) is 0. The van der Waals surface area contributed by atoms with Gasteiger partial charge in [0.15, 0.2) is 0 Å². The molecule has 96 valence electrons. The van der Waals surface area contributed by atoms with E-state index in [1.165, 1.54) is 23.9 Å². The van der Waals surface area contributed by atoms with Gasteiger partial charge in [0.2, 0.25) is 0 Å². The monoisotopic (exact) mass is 279 g/mol. The number of benzene rings is 2. The first kappa shape index (κ1) is 13.5. The van der Waals surface area contributed by atoms with Crippen molar-refractivity contribution in [2.45, 2.75) is 16.0 Å². The highest BCUT2D eigenvalue weighted by molar-refractivity contribution is 7.99. The maximum atomic E-state index is 12.4. The number of rotatable bonds is 2. The summed E-state index contributed by atoms with van der Waals surface area (Å²) >= 11 is 1.27. The summed E-state index contributed by atoms with van der Waals surface area (Å²) in [6, 6.07) is 13.9. The SMILES string of the molecule is N#Cc1ccccc1Sc1ccc(C(F)(F)F)cc1. The van der Waals surface area contributed by atoms with Crippen LogP contribution >= 0.6 is 11.8 Å². The number of alkyl halides is 3. The molecule has 0 bridgehead atoms. The van der Waals surface area contributed by atoms with Gasteiger partial charge in [-0.2, -0.15) is 18.4 Å². The molecule has 0 unspecified atom stereocenters. The summed E-state index contributed by atoms with van der Waals surface area (Å²) in [5, 5.41) is 8.94. The van der Waals surface area contributed by atoms with E-state index in [4.69, 9.17) is 5.26 Å². The fourth-order valence-corrected chi connectivity index (χ4v) is 2.38. The van der Waals surface area contributed by atoms with Crippen LogP contribution in [0.3, 0.4) is 0 Å². The molecule has 0 spiro atoms. The van der Waals surface area contributed by atoms with E-state index in [2.05, 4.69) is 6.07 Å². The molecule has 2 aromatic carbocycles. The molecule has 0 heterocycles. The minimum Gasteiger partial charge on any atom is -0.192 e. The number of hydrogen-bond acceptors (Lipinski definition) is 2. The molecular weight excluding hydrogens is 271 g/mol. The van der Waals surface area contributed by atoms with Crippen molar-refractivity contribution in [3.8, 4) is 6.07 Å². The Morgan fingerprint density at radius 2 is 1.58 bits per heavy atom. The van der Waals surface area contributed by atoms with Crippen LogP contribution in [-0.2, 0) is 6.18 Å². The van der Waals surface area contributed by atoms with Gasteiger partial charge in [0.1, 0.15) is 6.07 Å². The lowest BCUT2D eigenvalue weighted by Gasteiger charge is -2.08.